The number of carbonyl (C=O) groups excluding carboxylic acids is 1. The highest BCUT2D eigenvalue weighted by atomic mass is 16.5. The molecule has 1 unspecified atom stereocenters. The first-order valence-electron chi connectivity index (χ1n) is 8.24. The molecule has 1 aromatic carbocycles. The average Bonchev–Trinajstić information content (AvgIpc) is 2.67. The van der Waals surface area contributed by atoms with Crippen LogP contribution in [0.15, 0.2) is 24.3 Å². The predicted octanol–water partition coefficient (Wildman–Crippen LogP) is 2.97. The Morgan fingerprint density at radius 1 is 1.08 bits per heavy atom. The second-order valence-electron chi connectivity index (χ2n) is 5.63. The van der Waals surface area contributed by atoms with Gasteiger partial charge in [0.15, 0.2) is 17.2 Å². The van der Waals surface area contributed by atoms with Crippen LogP contribution in [0.5, 0.6) is 17.2 Å². The molecule has 8 heteroatoms. The third kappa shape index (κ3) is 4.53. The van der Waals surface area contributed by atoms with Crippen LogP contribution in [-0.4, -0.2) is 43.5 Å². The molecule has 1 aromatic heterocycles. The molecule has 0 aliphatic rings. The smallest absolute Gasteiger partial charge is 0.276 e. The zero-order chi connectivity index (χ0) is 19.1. The van der Waals surface area contributed by atoms with Gasteiger partial charge in [-0.05, 0) is 25.5 Å². The van der Waals surface area contributed by atoms with E-state index in [4.69, 9.17) is 14.2 Å². The summed E-state index contributed by atoms with van der Waals surface area (Å²) in [5, 5.41) is 14.0. The summed E-state index contributed by atoms with van der Waals surface area (Å²) in [7, 11) is 4.54. The van der Waals surface area contributed by atoms with Crippen molar-refractivity contribution < 1.29 is 19.0 Å². The Labute approximate surface area is 152 Å². The standard InChI is InChI=1S/C18H24N4O4/c1-6-11(2)19-16-8-7-13(21-22-16)18(23)20-12-9-14(24-3)17(26-5)15(10-12)25-4/h7-11H,6H2,1-5H3,(H,19,22)(H,20,23). The number of ether oxygens (including phenoxy) is 3. The quantitative estimate of drug-likeness (QED) is 0.747. The number of hydrogen-bond donors (Lipinski definition) is 2. The summed E-state index contributed by atoms with van der Waals surface area (Å²) in [6.07, 6.45) is 0.963. The first-order chi connectivity index (χ1) is 12.5. The van der Waals surface area contributed by atoms with Crippen LogP contribution in [0, 0.1) is 0 Å². The van der Waals surface area contributed by atoms with Gasteiger partial charge in [0.2, 0.25) is 5.75 Å². The number of benzene rings is 1. The molecule has 2 aromatic rings. The number of carbonyl (C=O) groups is 1. The van der Waals surface area contributed by atoms with Crippen LogP contribution in [0.4, 0.5) is 11.5 Å². The lowest BCUT2D eigenvalue weighted by Gasteiger charge is -2.14. The fourth-order valence-corrected chi connectivity index (χ4v) is 2.23. The van der Waals surface area contributed by atoms with Crippen molar-refractivity contribution in [3.8, 4) is 17.2 Å². The molecule has 26 heavy (non-hydrogen) atoms. The summed E-state index contributed by atoms with van der Waals surface area (Å²) in [6, 6.07) is 6.91. The fourth-order valence-electron chi connectivity index (χ4n) is 2.23. The van der Waals surface area contributed by atoms with Gasteiger partial charge < -0.3 is 24.8 Å². The Morgan fingerprint density at radius 2 is 1.73 bits per heavy atom. The molecule has 1 atom stereocenters. The second-order valence-corrected chi connectivity index (χ2v) is 5.63. The fraction of sp³-hybridized carbons (Fsp3) is 0.389. The van der Waals surface area contributed by atoms with E-state index in [2.05, 4.69) is 27.8 Å². The van der Waals surface area contributed by atoms with E-state index in [1.165, 1.54) is 21.3 Å². The molecule has 0 bridgehead atoms. The van der Waals surface area contributed by atoms with E-state index in [1.54, 1.807) is 24.3 Å². The molecule has 0 radical (unpaired) electrons. The third-order valence-corrected chi connectivity index (χ3v) is 3.83. The van der Waals surface area contributed by atoms with Crippen molar-refractivity contribution in [2.75, 3.05) is 32.0 Å². The first kappa shape index (κ1) is 19.3. The van der Waals surface area contributed by atoms with Crippen molar-refractivity contribution in [1.82, 2.24) is 10.2 Å². The van der Waals surface area contributed by atoms with Gasteiger partial charge in [-0.1, -0.05) is 6.92 Å². The maximum absolute atomic E-state index is 12.4. The van der Waals surface area contributed by atoms with Crippen LogP contribution in [0.25, 0.3) is 0 Å². The summed E-state index contributed by atoms with van der Waals surface area (Å²) >= 11 is 0. The maximum atomic E-state index is 12.4. The van der Waals surface area contributed by atoms with Gasteiger partial charge in [-0.15, -0.1) is 10.2 Å². The van der Waals surface area contributed by atoms with Crippen LogP contribution >= 0.6 is 0 Å². The van der Waals surface area contributed by atoms with Gasteiger partial charge >= 0.3 is 0 Å². The highest BCUT2D eigenvalue weighted by molar-refractivity contribution is 6.03. The van der Waals surface area contributed by atoms with Gasteiger partial charge in [0.25, 0.3) is 5.91 Å². The summed E-state index contributed by atoms with van der Waals surface area (Å²) in [5.74, 6) is 1.58. The van der Waals surface area contributed by atoms with Crippen molar-refractivity contribution >= 4 is 17.4 Å². The van der Waals surface area contributed by atoms with E-state index in [9.17, 15) is 4.79 Å². The molecular formula is C18H24N4O4. The van der Waals surface area contributed by atoms with Gasteiger partial charge in [0.1, 0.15) is 5.82 Å². The number of aromatic nitrogens is 2. The SMILES string of the molecule is CCC(C)Nc1ccc(C(=O)Nc2cc(OC)c(OC)c(OC)c2)nn1. The Balaban J connectivity index is 2.16. The van der Waals surface area contributed by atoms with E-state index < -0.39 is 0 Å². The zero-order valence-electron chi connectivity index (χ0n) is 15.6. The Kier molecular flexibility index (Phi) is 6.60. The Hall–Kier alpha value is -3.03. The minimum absolute atomic E-state index is 0.202. The summed E-state index contributed by atoms with van der Waals surface area (Å²) in [5.41, 5.74) is 0.696. The van der Waals surface area contributed by atoms with Crippen LogP contribution in [-0.2, 0) is 0 Å². The number of anilines is 2. The molecule has 1 amide bonds. The van der Waals surface area contributed by atoms with E-state index in [0.717, 1.165) is 6.42 Å². The summed E-state index contributed by atoms with van der Waals surface area (Å²) in [6.45, 7) is 4.12. The first-order valence-corrected chi connectivity index (χ1v) is 8.24. The predicted molar refractivity (Wildman–Crippen MR) is 99.5 cm³/mol. The molecule has 2 rings (SSSR count). The van der Waals surface area contributed by atoms with Gasteiger partial charge in [0.05, 0.1) is 21.3 Å². The highest BCUT2D eigenvalue weighted by Crippen LogP contribution is 2.39. The van der Waals surface area contributed by atoms with Crippen molar-refractivity contribution in [2.45, 2.75) is 26.3 Å². The molecular weight excluding hydrogens is 336 g/mol. The van der Waals surface area contributed by atoms with E-state index in [-0.39, 0.29) is 17.6 Å². The lowest BCUT2D eigenvalue weighted by molar-refractivity contribution is 0.102. The van der Waals surface area contributed by atoms with Gasteiger partial charge in [-0.25, -0.2) is 0 Å². The molecule has 0 aliphatic heterocycles. The van der Waals surface area contributed by atoms with E-state index in [0.29, 0.717) is 28.8 Å². The molecule has 140 valence electrons. The summed E-state index contributed by atoms with van der Waals surface area (Å²) < 4.78 is 15.8. The zero-order valence-corrected chi connectivity index (χ0v) is 15.6. The van der Waals surface area contributed by atoms with Crippen molar-refractivity contribution in [2.24, 2.45) is 0 Å². The average molecular weight is 360 g/mol. The molecule has 2 N–H and O–H groups in total. The van der Waals surface area contributed by atoms with Crippen molar-refractivity contribution in [3.05, 3.63) is 30.0 Å². The molecule has 0 fully saturated rings. The minimum Gasteiger partial charge on any atom is -0.493 e. The topological polar surface area (TPSA) is 94.6 Å². The van der Waals surface area contributed by atoms with Crippen molar-refractivity contribution in [1.29, 1.82) is 0 Å². The highest BCUT2D eigenvalue weighted by Gasteiger charge is 2.16. The lowest BCUT2D eigenvalue weighted by Crippen LogP contribution is -2.17. The van der Waals surface area contributed by atoms with E-state index >= 15 is 0 Å². The largest absolute Gasteiger partial charge is 0.493 e. The Morgan fingerprint density at radius 3 is 2.19 bits per heavy atom. The minimum atomic E-state index is -0.387. The number of amides is 1. The van der Waals surface area contributed by atoms with Gasteiger partial charge in [-0.3, -0.25) is 4.79 Å². The maximum Gasteiger partial charge on any atom is 0.276 e. The van der Waals surface area contributed by atoms with Crippen LogP contribution in [0.1, 0.15) is 30.8 Å². The third-order valence-electron chi connectivity index (χ3n) is 3.83. The summed E-state index contributed by atoms with van der Waals surface area (Å²) in [4.78, 5) is 12.4. The number of nitrogens with one attached hydrogen (secondary N) is 2. The monoisotopic (exact) mass is 360 g/mol. The number of hydrogen-bond acceptors (Lipinski definition) is 7. The van der Waals surface area contributed by atoms with Gasteiger partial charge in [0, 0.05) is 23.9 Å². The molecule has 0 saturated heterocycles. The van der Waals surface area contributed by atoms with Crippen LogP contribution in [0.3, 0.4) is 0 Å². The lowest BCUT2D eigenvalue weighted by atomic mass is 10.2. The van der Waals surface area contributed by atoms with E-state index in [1.807, 2.05) is 6.92 Å². The second kappa shape index (κ2) is 8.89. The van der Waals surface area contributed by atoms with Crippen LogP contribution in [0.2, 0.25) is 0 Å². The number of rotatable bonds is 8. The van der Waals surface area contributed by atoms with Crippen molar-refractivity contribution in [3.63, 3.8) is 0 Å². The number of methoxy groups -OCH3 is 3. The molecule has 1 heterocycles. The Bertz CT molecular complexity index is 724. The molecule has 8 nitrogen and oxygen atoms in total. The molecule has 0 aliphatic carbocycles. The number of nitrogens with zero attached hydrogens (tertiary/aromatic N) is 2. The van der Waals surface area contributed by atoms with Gasteiger partial charge in [-0.2, -0.15) is 0 Å². The molecule has 0 spiro atoms. The normalized spacial score (nSPS) is 11.4. The van der Waals surface area contributed by atoms with Crippen LogP contribution < -0.4 is 24.8 Å². The molecule has 0 saturated carbocycles.